The molecule has 142 valence electrons. The van der Waals surface area contributed by atoms with Gasteiger partial charge < -0.3 is 15.5 Å². The maximum absolute atomic E-state index is 12.6. The summed E-state index contributed by atoms with van der Waals surface area (Å²) in [6, 6.07) is 6.92. The fourth-order valence-corrected chi connectivity index (χ4v) is 3.69. The van der Waals surface area contributed by atoms with Gasteiger partial charge in [-0.05, 0) is 37.1 Å². The Morgan fingerprint density at radius 3 is 2.62 bits per heavy atom. The average molecular weight is 379 g/mol. The van der Waals surface area contributed by atoms with Gasteiger partial charge in [-0.25, -0.2) is 0 Å². The van der Waals surface area contributed by atoms with Crippen molar-refractivity contribution in [3.05, 3.63) is 34.9 Å². The van der Waals surface area contributed by atoms with E-state index in [1.54, 1.807) is 29.2 Å². The van der Waals surface area contributed by atoms with Gasteiger partial charge in [0, 0.05) is 62.9 Å². The Morgan fingerprint density at radius 2 is 1.88 bits per heavy atom. The highest BCUT2D eigenvalue weighted by molar-refractivity contribution is 6.30. The number of amides is 2. The van der Waals surface area contributed by atoms with Crippen LogP contribution < -0.4 is 10.6 Å². The van der Waals surface area contributed by atoms with Crippen LogP contribution in [-0.4, -0.2) is 74.0 Å². The van der Waals surface area contributed by atoms with Crippen molar-refractivity contribution >= 4 is 23.4 Å². The maximum Gasteiger partial charge on any atom is 0.253 e. The van der Waals surface area contributed by atoms with E-state index < -0.39 is 0 Å². The smallest absolute Gasteiger partial charge is 0.253 e. The second-order valence-electron chi connectivity index (χ2n) is 6.98. The first kappa shape index (κ1) is 19.1. The number of hydrogen-bond acceptors (Lipinski definition) is 4. The van der Waals surface area contributed by atoms with Crippen LogP contribution in [0.4, 0.5) is 0 Å². The van der Waals surface area contributed by atoms with Crippen molar-refractivity contribution in [3.63, 3.8) is 0 Å². The van der Waals surface area contributed by atoms with Gasteiger partial charge in [0.1, 0.15) is 0 Å². The molecule has 1 unspecified atom stereocenters. The Balaban J connectivity index is 1.46. The van der Waals surface area contributed by atoms with Gasteiger partial charge in [-0.3, -0.25) is 14.5 Å². The zero-order chi connectivity index (χ0) is 18.4. The molecule has 2 amide bonds. The second kappa shape index (κ2) is 9.35. The molecule has 1 aromatic carbocycles. The summed E-state index contributed by atoms with van der Waals surface area (Å²) >= 11 is 5.89. The van der Waals surface area contributed by atoms with Gasteiger partial charge in [0.15, 0.2) is 0 Å². The SMILES string of the molecule is O=C(NCCN1CCNCC1)C1CCCN(C(=O)c2ccc(Cl)cc2)C1. The summed E-state index contributed by atoms with van der Waals surface area (Å²) in [4.78, 5) is 29.3. The van der Waals surface area contributed by atoms with Crippen molar-refractivity contribution in [2.24, 2.45) is 5.92 Å². The first-order chi connectivity index (χ1) is 12.6. The van der Waals surface area contributed by atoms with E-state index in [1.165, 1.54) is 0 Å². The van der Waals surface area contributed by atoms with E-state index in [0.717, 1.165) is 45.6 Å². The zero-order valence-electron chi connectivity index (χ0n) is 15.0. The zero-order valence-corrected chi connectivity index (χ0v) is 15.8. The molecular weight excluding hydrogens is 352 g/mol. The number of halogens is 1. The highest BCUT2D eigenvalue weighted by Gasteiger charge is 2.28. The molecule has 2 aliphatic heterocycles. The van der Waals surface area contributed by atoms with E-state index in [9.17, 15) is 9.59 Å². The molecule has 2 saturated heterocycles. The lowest BCUT2D eigenvalue weighted by molar-refractivity contribution is -0.126. The standard InChI is InChI=1S/C19H27ClN4O2/c20-17-5-3-15(4-6-17)19(26)24-10-1-2-16(14-24)18(25)22-9-13-23-11-7-21-8-12-23/h3-6,16,21H,1-2,7-14H2,(H,22,25). The van der Waals surface area contributed by atoms with Crippen molar-refractivity contribution in [2.45, 2.75) is 12.8 Å². The normalized spacial score (nSPS) is 21.4. The predicted octanol–water partition coefficient (Wildman–Crippen LogP) is 1.21. The molecule has 0 aromatic heterocycles. The Kier molecular flexibility index (Phi) is 6.88. The van der Waals surface area contributed by atoms with Crippen molar-refractivity contribution in [3.8, 4) is 0 Å². The summed E-state index contributed by atoms with van der Waals surface area (Å²) in [6.07, 6.45) is 1.69. The molecule has 3 rings (SSSR count). The number of nitrogens with one attached hydrogen (secondary N) is 2. The number of carbonyl (C=O) groups is 2. The molecule has 0 radical (unpaired) electrons. The first-order valence-corrected chi connectivity index (χ1v) is 9.77. The van der Waals surface area contributed by atoms with Crippen LogP contribution in [0.15, 0.2) is 24.3 Å². The molecule has 2 fully saturated rings. The number of piperidine rings is 1. The van der Waals surface area contributed by atoms with Crippen molar-refractivity contribution in [1.82, 2.24) is 20.4 Å². The summed E-state index contributed by atoms with van der Waals surface area (Å²) in [7, 11) is 0. The number of carbonyl (C=O) groups excluding carboxylic acids is 2. The Morgan fingerprint density at radius 1 is 1.15 bits per heavy atom. The molecule has 26 heavy (non-hydrogen) atoms. The van der Waals surface area contributed by atoms with Gasteiger partial charge in [0.25, 0.3) is 5.91 Å². The van der Waals surface area contributed by atoms with Gasteiger partial charge in [0.05, 0.1) is 5.92 Å². The lowest BCUT2D eigenvalue weighted by Gasteiger charge is -2.32. The van der Waals surface area contributed by atoms with Crippen LogP contribution in [0.1, 0.15) is 23.2 Å². The van der Waals surface area contributed by atoms with Crippen LogP contribution >= 0.6 is 11.6 Å². The van der Waals surface area contributed by atoms with E-state index in [0.29, 0.717) is 30.2 Å². The molecule has 7 heteroatoms. The number of rotatable bonds is 5. The first-order valence-electron chi connectivity index (χ1n) is 9.39. The van der Waals surface area contributed by atoms with Gasteiger partial charge in [-0.1, -0.05) is 11.6 Å². The van der Waals surface area contributed by atoms with E-state index in [2.05, 4.69) is 15.5 Å². The third-order valence-corrected chi connectivity index (χ3v) is 5.36. The molecule has 6 nitrogen and oxygen atoms in total. The van der Waals surface area contributed by atoms with Gasteiger partial charge in [-0.2, -0.15) is 0 Å². The number of hydrogen-bond donors (Lipinski definition) is 2. The van der Waals surface area contributed by atoms with Crippen molar-refractivity contribution < 1.29 is 9.59 Å². The fraction of sp³-hybridized carbons (Fsp3) is 0.579. The predicted molar refractivity (Wildman–Crippen MR) is 102 cm³/mol. The molecule has 0 aliphatic carbocycles. The number of likely N-dealkylation sites (tertiary alicyclic amines) is 1. The second-order valence-corrected chi connectivity index (χ2v) is 7.42. The van der Waals surface area contributed by atoms with Crippen LogP contribution in [-0.2, 0) is 4.79 Å². The van der Waals surface area contributed by atoms with E-state index in [4.69, 9.17) is 11.6 Å². The minimum Gasteiger partial charge on any atom is -0.355 e. The monoisotopic (exact) mass is 378 g/mol. The lowest BCUT2D eigenvalue weighted by atomic mass is 9.96. The minimum absolute atomic E-state index is 0.0278. The van der Waals surface area contributed by atoms with Gasteiger partial charge in [0.2, 0.25) is 5.91 Å². The van der Waals surface area contributed by atoms with Gasteiger partial charge >= 0.3 is 0 Å². The fourth-order valence-electron chi connectivity index (χ4n) is 3.57. The number of nitrogens with zero attached hydrogens (tertiary/aromatic N) is 2. The van der Waals surface area contributed by atoms with Crippen LogP contribution in [0.25, 0.3) is 0 Å². The van der Waals surface area contributed by atoms with Crippen LogP contribution in [0.5, 0.6) is 0 Å². The highest BCUT2D eigenvalue weighted by atomic mass is 35.5. The third kappa shape index (κ3) is 5.19. The molecule has 0 bridgehead atoms. The summed E-state index contributed by atoms with van der Waals surface area (Å²) in [5, 5.41) is 6.99. The Bertz CT molecular complexity index is 616. The lowest BCUT2D eigenvalue weighted by Crippen LogP contribution is -2.48. The summed E-state index contributed by atoms with van der Waals surface area (Å²) in [6.45, 7) is 6.82. The summed E-state index contributed by atoms with van der Waals surface area (Å²) in [5.41, 5.74) is 0.620. The average Bonchev–Trinajstić information content (AvgIpc) is 2.69. The van der Waals surface area contributed by atoms with Crippen molar-refractivity contribution in [1.29, 1.82) is 0 Å². The molecule has 0 spiro atoms. The topological polar surface area (TPSA) is 64.7 Å². The Hall–Kier alpha value is -1.63. The molecule has 2 aliphatic rings. The molecule has 2 N–H and O–H groups in total. The van der Waals surface area contributed by atoms with E-state index >= 15 is 0 Å². The number of piperazine rings is 1. The van der Waals surface area contributed by atoms with Crippen LogP contribution in [0, 0.1) is 5.92 Å². The van der Waals surface area contributed by atoms with Crippen molar-refractivity contribution in [2.75, 3.05) is 52.4 Å². The van der Waals surface area contributed by atoms with Crippen LogP contribution in [0.2, 0.25) is 5.02 Å². The number of benzene rings is 1. The quantitative estimate of drug-likeness (QED) is 0.808. The van der Waals surface area contributed by atoms with E-state index in [1.807, 2.05) is 0 Å². The summed E-state index contributed by atoms with van der Waals surface area (Å²) < 4.78 is 0. The highest BCUT2D eigenvalue weighted by Crippen LogP contribution is 2.19. The molecule has 2 heterocycles. The largest absolute Gasteiger partial charge is 0.355 e. The Labute approximate surface area is 159 Å². The summed E-state index contributed by atoms with van der Waals surface area (Å²) in [5.74, 6) is -0.0863. The molecule has 0 saturated carbocycles. The van der Waals surface area contributed by atoms with E-state index in [-0.39, 0.29) is 17.7 Å². The van der Waals surface area contributed by atoms with Gasteiger partial charge in [-0.15, -0.1) is 0 Å². The molecule has 1 aromatic rings. The molecular formula is C19H27ClN4O2. The minimum atomic E-state index is -0.122. The molecule has 1 atom stereocenters. The van der Waals surface area contributed by atoms with Crippen LogP contribution in [0.3, 0.4) is 0 Å². The third-order valence-electron chi connectivity index (χ3n) is 5.11. The maximum atomic E-state index is 12.6.